The van der Waals surface area contributed by atoms with Gasteiger partial charge in [0.05, 0.1) is 12.4 Å². The van der Waals surface area contributed by atoms with Gasteiger partial charge in [0.2, 0.25) is 0 Å². The first-order valence-electron chi connectivity index (χ1n) is 8.59. The summed E-state index contributed by atoms with van der Waals surface area (Å²) in [6.45, 7) is 6.23. The lowest BCUT2D eigenvalue weighted by molar-refractivity contribution is 0.102. The van der Waals surface area contributed by atoms with E-state index in [1.54, 1.807) is 6.20 Å². The van der Waals surface area contributed by atoms with Crippen LogP contribution in [0.2, 0.25) is 0 Å². The van der Waals surface area contributed by atoms with Gasteiger partial charge >= 0.3 is 0 Å². The molecular formula is C21H22N4O. The predicted octanol–water partition coefficient (Wildman–Crippen LogP) is 4.90. The van der Waals surface area contributed by atoms with Gasteiger partial charge < -0.3 is 10.6 Å². The maximum absolute atomic E-state index is 12.3. The monoisotopic (exact) mass is 346 g/mol. The van der Waals surface area contributed by atoms with Crippen LogP contribution in [0.5, 0.6) is 0 Å². The largest absolute Gasteiger partial charge is 0.339 e. The molecule has 0 aliphatic carbocycles. The van der Waals surface area contributed by atoms with Gasteiger partial charge in [-0.05, 0) is 36.1 Å². The molecule has 0 spiro atoms. The Morgan fingerprint density at radius 2 is 1.62 bits per heavy atom. The molecule has 3 aromatic rings. The molecule has 0 unspecified atom stereocenters. The maximum atomic E-state index is 12.3. The molecule has 0 fully saturated rings. The first-order chi connectivity index (χ1) is 12.5. The van der Waals surface area contributed by atoms with Crippen molar-refractivity contribution < 1.29 is 4.79 Å². The number of rotatable bonds is 5. The number of nitrogens with zero attached hydrogens (tertiary/aromatic N) is 2. The molecule has 5 nitrogen and oxygen atoms in total. The molecule has 0 radical (unpaired) electrons. The summed E-state index contributed by atoms with van der Waals surface area (Å²) in [4.78, 5) is 20.9. The van der Waals surface area contributed by atoms with Crippen LogP contribution in [0.25, 0.3) is 0 Å². The number of aryl methyl sites for hydroxylation is 1. The Morgan fingerprint density at radius 1 is 0.923 bits per heavy atom. The van der Waals surface area contributed by atoms with Crippen molar-refractivity contribution in [1.82, 2.24) is 9.97 Å². The molecule has 1 aromatic heterocycles. The van der Waals surface area contributed by atoms with Crippen molar-refractivity contribution >= 4 is 23.1 Å². The van der Waals surface area contributed by atoms with Crippen molar-refractivity contribution in [3.8, 4) is 0 Å². The number of benzene rings is 2. The Balaban J connectivity index is 1.73. The summed E-state index contributed by atoms with van der Waals surface area (Å²) in [7, 11) is 0. The Labute approximate surface area is 153 Å². The molecule has 0 atom stereocenters. The quantitative estimate of drug-likeness (QED) is 0.689. The zero-order chi connectivity index (χ0) is 18.5. The van der Waals surface area contributed by atoms with Crippen molar-refractivity contribution in [3.05, 3.63) is 77.7 Å². The number of hydrogen-bond acceptors (Lipinski definition) is 4. The van der Waals surface area contributed by atoms with Gasteiger partial charge in [-0.25, -0.2) is 9.97 Å². The van der Waals surface area contributed by atoms with Crippen molar-refractivity contribution in [2.75, 3.05) is 10.6 Å². The summed E-state index contributed by atoms with van der Waals surface area (Å²) >= 11 is 0. The lowest BCUT2D eigenvalue weighted by atomic mass is 10.0. The van der Waals surface area contributed by atoms with Crippen LogP contribution >= 0.6 is 0 Å². The van der Waals surface area contributed by atoms with Gasteiger partial charge in [-0.1, -0.05) is 50.2 Å². The maximum Gasteiger partial charge on any atom is 0.275 e. The summed E-state index contributed by atoms with van der Waals surface area (Å²) in [5.74, 6) is 0.720. The lowest BCUT2D eigenvalue weighted by Crippen LogP contribution is -2.15. The van der Waals surface area contributed by atoms with Gasteiger partial charge in [0.25, 0.3) is 5.91 Å². The Hall–Kier alpha value is -3.21. The van der Waals surface area contributed by atoms with E-state index in [4.69, 9.17) is 0 Å². The normalized spacial score (nSPS) is 10.6. The van der Waals surface area contributed by atoms with Gasteiger partial charge in [-0.2, -0.15) is 0 Å². The van der Waals surface area contributed by atoms with Crippen LogP contribution in [0.1, 0.15) is 41.4 Å². The number of para-hydroxylation sites is 2. The number of aromatic nitrogens is 2. The molecule has 0 bridgehead atoms. The SMILES string of the molecule is Cc1ccccc1NC(=O)c1cnc(Nc2ccccc2C(C)C)cn1. The average Bonchev–Trinajstić information content (AvgIpc) is 2.64. The van der Waals surface area contributed by atoms with Crippen molar-refractivity contribution in [2.45, 2.75) is 26.7 Å². The highest BCUT2D eigenvalue weighted by Gasteiger charge is 2.11. The number of hydrogen-bond donors (Lipinski definition) is 2. The molecule has 132 valence electrons. The van der Waals surface area contributed by atoms with Crippen molar-refractivity contribution in [3.63, 3.8) is 0 Å². The fourth-order valence-corrected chi connectivity index (χ4v) is 2.66. The Bertz CT molecular complexity index is 904. The molecule has 3 rings (SSSR count). The van der Waals surface area contributed by atoms with Gasteiger partial charge in [0.1, 0.15) is 11.5 Å². The molecule has 26 heavy (non-hydrogen) atoms. The van der Waals surface area contributed by atoms with Crippen LogP contribution in [0.3, 0.4) is 0 Å². The zero-order valence-electron chi connectivity index (χ0n) is 15.2. The molecule has 5 heteroatoms. The number of carbonyl (C=O) groups is 1. The minimum absolute atomic E-state index is 0.274. The van der Waals surface area contributed by atoms with E-state index in [2.05, 4.69) is 40.5 Å². The minimum Gasteiger partial charge on any atom is -0.339 e. The highest BCUT2D eigenvalue weighted by Crippen LogP contribution is 2.26. The van der Waals surface area contributed by atoms with Gasteiger partial charge in [-0.15, -0.1) is 0 Å². The minimum atomic E-state index is -0.277. The molecule has 0 aliphatic rings. The average molecular weight is 346 g/mol. The second kappa shape index (κ2) is 7.78. The molecule has 0 saturated heterocycles. The van der Waals surface area contributed by atoms with E-state index in [0.717, 1.165) is 16.9 Å². The summed E-state index contributed by atoms with van der Waals surface area (Å²) in [6, 6.07) is 15.7. The first-order valence-corrected chi connectivity index (χ1v) is 8.59. The van der Waals surface area contributed by atoms with E-state index < -0.39 is 0 Å². The molecule has 2 N–H and O–H groups in total. The van der Waals surface area contributed by atoms with E-state index >= 15 is 0 Å². The standard InChI is InChI=1S/C21H22N4O/c1-14(2)16-9-5-7-11-18(16)24-20-13-22-19(12-23-20)21(26)25-17-10-6-4-8-15(17)3/h4-14H,1-3H3,(H,23,24)(H,25,26). The van der Waals surface area contributed by atoms with Crippen LogP contribution in [-0.4, -0.2) is 15.9 Å². The summed E-state index contributed by atoms with van der Waals surface area (Å²) in [6.07, 6.45) is 3.05. The second-order valence-electron chi connectivity index (χ2n) is 6.42. The fourth-order valence-electron chi connectivity index (χ4n) is 2.66. The Morgan fingerprint density at radius 3 is 2.27 bits per heavy atom. The van der Waals surface area contributed by atoms with Crippen LogP contribution < -0.4 is 10.6 Å². The van der Waals surface area contributed by atoms with Crippen LogP contribution in [0, 0.1) is 6.92 Å². The number of nitrogens with one attached hydrogen (secondary N) is 2. The topological polar surface area (TPSA) is 66.9 Å². The van der Waals surface area contributed by atoms with E-state index in [-0.39, 0.29) is 11.6 Å². The lowest BCUT2D eigenvalue weighted by Gasteiger charge is -2.14. The molecule has 0 saturated carbocycles. The van der Waals surface area contributed by atoms with E-state index in [9.17, 15) is 4.79 Å². The van der Waals surface area contributed by atoms with E-state index in [0.29, 0.717) is 11.7 Å². The zero-order valence-corrected chi connectivity index (χ0v) is 15.2. The van der Waals surface area contributed by atoms with E-state index in [1.807, 2.05) is 49.4 Å². The third-order valence-corrected chi connectivity index (χ3v) is 4.12. The van der Waals surface area contributed by atoms with Crippen molar-refractivity contribution in [1.29, 1.82) is 0 Å². The van der Waals surface area contributed by atoms with Gasteiger partial charge in [0.15, 0.2) is 0 Å². The molecule has 0 aliphatic heterocycles. The summed E-state index contributed by atoms with van der Waals surface area (Å²) in [5.41, 5.74) is 4.24. The third kappa shape index (κ3) is 4.06. The Kier molecular flexibility index (Phi) is 5.27. The van der Waals surface area contributed by atoms with Gasteiger partial charge in [0, 0.05) is 11.4 Å². The van der Waals surface area contributed by atoms with Gasteiger partial charge in [-0.3, -0.25) is 4.79 Å². The number of anilines is 3. The molecule has 1 heterocycles. The number of amides is 1. The summed E-state index contributed by atoms with van der Waals surface area (Å²) in [5, 5.41) is 6.13. The highest BCUT2D eigenvalue weighted by molar-refractivity contribution is 6.03. The van der Waals surface area contributed by atoms with Crippen LogP contribution in [-0.2, 0) is 0 Å². The highest BCUT2D eigenvalue weighted by atomic mass is 16.1. The predicted molar refractivity (Wildman–Crippen MR) is 105 cm³/mol. The second-order valence-corrected chi connectivity index (χ2v) is 6.42. The first kappa shape index (κ1) is 17.6. The summed E-state index contributed by atoms with van der Waals surface area (Å²) < 4.78 is 0. The van der Waals surface area contributed by atoms with Crippen LogP contribution in [0.15, 0.2) is 60.9 Å². The van der Waals surface area contributed by atoms with Crippen LogP contribution in [0.4, 0.5) is 17.2 Å². The number of carbonyl (C=O) groups excluding carboxylic acids is 1. The fraction of sp³-hybridized carbons (Fsp3) is 0.190. The third-order valence-electron chi connectivity index (χ3n) is 4.12. The molecule has 2 aromatic carbocycles. The molecule has 1 amide bonds. The van der Waals surface area contributed by atoms with Crippen molar-refractivity contribution in [2.24, 2.45) is 0 Å². The smallest absolute Gasteiger partial charge is 0.275 e. The van der Waals surface area contributed by atoms with E-state index in [1.165, 1.54) is 11.8 Å². The molecular weight excluding hydrogens is 324 g/mol.